The maximum Gasteiger partial charge on any atom is 0.260 e. The van der Waals surface area contributed by atoms with Gasteiger partial charge in [-0.15, -0.1) is 0 Å². The van der Waals surface area contributed by atoms with Crippen LogP contribution in [0.2, 0.25) is 5.02 Å². The van der Waals surface area contributed by atoms with Crippen molar-refractivity contribution in [3.8, 4) is 0 Å². The van der Waals surface area contributed by atoms with Gasteiger partial charge in [-0.05, 0) is 42.2 Å². The molecule has 0 aliphatic carbocycles. The molecule has 1 atom stereocenters. The Morgan fingerprint density at radius 1 is 1.06 bits per heavy atom. The molecule has 0 spiro atoms. The van der Waals surface area contributed by atoms with Gasteiger partial charge in [0.2, 0.25) is 5.91 Å². The van der Waals surface area contributed by atoms with Crippen LogP contribution < -0.4 is 16.2 Å². The molecule has 3 rings (SSSR count). The van der Waals surface area contributed by atoms with Crippen molar-refractivity contribution in [1.29, 1.82) is 0 Å². The average molecular weight is 459 g/mol. The van der Waals surface area contributed by atoms with Crippen LogP contribution in [0.4, 0.5) is 0 Å². The number of fused-ring (bicyclic) bond motifs is 1. The van der Waals surface area contributed by atoms with E-state index in [1.807, 2.05) is 30.5 Å². The number of para-hydroxylation sites is 1. The molecule has 3 amide bonds. The number of rotatable bonds is 8. The van der Waals surface area contributed by atoms with Gasteiger partial charge in [0.1, 0.15) is 6.04 Å². The molecule has 7 nitrogen and oxygen atoms in total. The minimum atomic E-state index is -0.815. The zero-order chi connectivity index (χ0) is 22.2. The van der Waals surface area contributed by atoms with Gasteiger partial charge in [-0.2, -0.15) is 11.8 Å². The van der Waals surface area contributed by atoms with Crippen LogP contribution in [-0.2, 0) is 16.0 Å². The summed E-state index contributed by atoms with van der Waals surface area (Å²) in [6.07, 6.45) is 4.19. The summed E-state index contributed by atoms with van der Waals surface area (Å²) < 4.78 is 0. The summed E-state index contributed by atoms with van der Waals surface area (Å²) in [6, 6.07) is 13.5. The van der Waals surface area contributed by atoms with Crippen molar-refractivity contribution in [1.82, 2.24) is 21.2 Å². The van der Waals surface area contributed by atoms with Crippen LogP contribution in [-0.4, -0.2) is 40.8 Å². The molecule has 1 aromatic heterocycles. The molecule has 0 fully saturated rings. The maximum atomic E-state index is 12.6. The first-order valence-corrected chi connectivity index (χ1v) is 11.4. The van der Waals surface area contributed by atoms with E-state index >= 15 is 0 Å². The Morgan fingerprint density at radius 2 is 1.81 bits per heavy atom. The van der Waals surface area contributed by atoms with E-state index in [0.29, 0.717) is 17.2 Å². The predicted octanol–water partition coefficient (Wildman–Crippen LogP) is 3.06. The van der Waals surface area contributed by atoms with Gasteiger partial charge in [0.05, 0.1) is 17.0 Å². The number of aromatic amines is 1. The summed E-state index contributed by atoms with van der Waals surface area (Å²) in [5.74, 6) is -0.651. The number of H-pyrrole nitrogens is 1. The van der Waals surface area contributed by atoms with Gasteiger partial charge in [0.15, 0.2) is 0 Å². The fourth-order valence-corrected chi connectivity index (χ4v) is 3.79. The van der Waals surface area contributed by atoms with Gasteiger partial charge >= 0.3 is 0 Å². The van der Waals surface area contributed by atoms with Crippen LogP contribution >= 0.6 is 23.4 Å². The molecule has 0 aliphatic rings. The van der Waals surface area contributed by atoms with Crippen molar-refractivity contribution in [3.63, 3.8) is 0 Å². The van der Waals surface area contributed by atoms with E-state index in [1.54, 1.807) is 42.2 Å². The number of hydrazine groups is 1. The minimum absolute atomic E-state index is 0.103. The van der Waals surface area contributed by atoms with Gasteiger partial charge in [-0.3, -0.25) is 25.2 Å². The Kier molecular flexibility index (Phi) is 7.97. The van der Waals surface area contributed by atoms with Gasteiger partial charge in [-0.25, -0.2) is 0 Å². The number of hydrogen-bond acceptors (Lipinski definition) is 4. The van der Waals surface area contributed by atoms with Crippen molar-refractivity contribution in [3.05, 3.63) is 70.9 Å². The fraction of sp³-hybridized carbons (Fsp3) is 0.227. The Hall–Kier alpha value is -2.97. The molecule has 1 unspecified atom stereocenters. The van der Waals surface area contributed by atoms with Gasteiger partial charge in [-0.1, -0.05) is 41.9 Å². The highest BCUT2D eigenvalue weighted by Crippen LogP contribution is 2.18. The van der Waals surface area contributed by atoms with Crippen LogP contribution in [0.1, 0.15) is 22.3 Å². The molecular formula is C22H23ClN4O3S. The van der Waals surface area contributed by atoms with Crippen molar-refractivity contribution < 1.29 is 14.4 Å². The fourth-order valence-electron chi connectivity index (χ4n) is 3.10. The standard InChI is InChI=1S/C22H23ClN4O3S/c1-31-11-10-19(25-21(29)16-7-2-4-8-17(16)23)22(30)27-26-20(28)12-14-13-24-18-9-5-3-6-15(14)18/h2-9,13,19,24H,10-12H2,1H3,(H,25,29)(H,26,28)(H,27,30). The predicted molar refractivity (Wildman–Crippen MR) is 124 cm³/mol. The molecule has 0 bridgehead atoms. The van der Waals surface area contributed by atoms with E-state index in [2.05, 4.69) is 21.2 Å². The third-order valence-corrected chi connectivity index (χ3v) is 5.68. The molecule has 162 valence electrons. The van der Waals surface area contributed by atoms with Gasteiger partial charge < -0.3 is 10.3 Å². The summed E-state index contributed by atoms with van der Waals surface area (Å²) in [7, 11) is 0. The number of nitrogens with one attached hydrogen (secondary N) is 4. The highest BCUT2D eigenvalue weighted by Gasteiger charge is 2.22. The second kappa shape index (κ2) is 10.9. The molecule has 2 aromatic carbocycles. The van der Waals surface area contributed by atoms with Crippen molar-refractivity contribution >= 4 is 52.0 Å². The van der Waals surface area contributed by atoms with Crippen molar-refractivity contribution in [2.75, 3.05) is 12.0 Å². The van der Waals surface area contributed by atoms with Gasteiger partial charge in [0.25, 0.3) is 11.8 Å². The quantitative estimate of drug-likeness (QED) is 0.389. The summed E-state index contributed by atoms with van der Waals surface area (Å²) in [5, 5.41) is 3.95. The third-order valence-electron chi connectivity index (χ3n) is 4.70. The zero-order valence-electron chi connectivity index (χ0n) is 16.9. The number of thioether (sulfide) groups is 1. The first-order valence-electron chi connectivity index (χ1n) is 9.67. The van der Waals surface area contributed by atoms with Gasteiger partial charge in [0, 0.05) is 17.1 Å². The molecular weight excluding hydrogens is 436 g/mol. The molecule has 31 heavy (non-hydrogen) atoms. The number of halogens is 1. The lowest BCUT2D eigenvalue weighted by Crippen LogP contribution is -2.52. The number of carbonyl (C=O) groups excluding carboxylic acids is 3. The van der Waals surface area contributed by atoms with Crippen LogP contribution in [0.5, 0.6) is 0 Å². The van der Waals surface area contributed by atoms with E-state index in [-0.39, 0.29) is 17.9 Å². The number of carbonyl (C=O) groups is 3. The molecule has 0 saturated heterocycles. The number of hydrogen-bond donors (Lipinski definition) is 4. The summed E-state index contributed by atoms with van der Waals surface area (Å²) in [5.41, 5.74) is 6.90. The van der Waals surface area contributed by atoms with Crippen molar-refractivity contribution in [2.45, 2.75) is 18.9 Å². The smallest absolute Gasteiger partial charge is 0.260 e. The molecule has 0 aliphatic heterocycles. The Morgan fingerprint density at radius 3 is 2.58 bits per heavy atom. The Bertz CT molecular complexity index is 1090. The van der Waals surface area contributed by atoms with Crippen molar-refractivity contribution in [2.24, 2.45) is 0 Å². The van der Waals surface area contributed by atoms with E-state index in [0.717, 1.165) is 16.5 Å². The van der Waals surface area contributed by atoms with E-state index < -0.39 is 17.9 Å². The maximum absolute atomic E-state index is 12.6. The largest absolute Gasteiger partial charge is 0.361 e. The number of benzene rings is 2. The lowest BCUT2D eigenvalue weighted by molar-refractivity contribution is -0.129. The van der Waals surface area contributed by atoms with Crippen LogP contribution in [0.15, 0.2) is 54.7 Å². The highest BCUT2D eigenvalue weighted by atomic mass is 35.5. The first-order chi connectivity index (χ1) is 15.0. The zero-order valence-corrected chi connectivity index (χ0v) is 18.5. The van der Waals surface area contributed by atoms with Crippen LogP contribution in [0.25, 0.3) is 10.9 Å². The van der Waals surface area contributed by atoms with Crippen LogP contribution in [0, 0.1) is 0 Å². The SMILES string of the molecule is CSCCC(NC(=O)c1ccccc1Cl)C(=O)NNC(=O)Cc1c[nH]c2ccccc12. The van der Waals surface area contributed by atoms with E-state index in [4.69, 9.17) is 11.6 Å². The lowest BCUT2D eigenvalue weighted by atomic mass is 10.1. The third kappa shape index (κ3) is 6.02. The molecule has 4 N–H and O–H groups in total. The number of amides is 3. The lowest BCUT2D eigenvalue weighted by Gasteiger charge is -2.19. The Balaban J connectivity index is 1.59. The summed E-state index contributed by atoms with van der Waals surface area (Å²) in [4.78, 5) is 40.6. The normalized spacial score (nSPS) is 11.7. The molecule has 3 aromatic rings. The minimum Gasteiger partial charge on any atom is -0.361 e. The Labute approximate surface area is 189 Å². The monoisotopic (exact) mass is 458 g/mol. The number of aromatic nitrogens is 1. The summed E-state index contributed by atoms with van der Waals surface area (Å²) in [6.45, 7) is 0. The van der Waals surface area contributed by atoms with E-state index in [1.165, 1.54) is 0 Å². The molecule has 0 radical (unpaired) electrons. The first kappa shape index (κ1) is 22.7. The summed E-state index contributed by atoms with van der Waals surface area (Å²) >= 11 is 7.63. The molecule has 9 heteroatoms. The topological polar surface area (TPSA) is 103 Å². The van der Waals surface area contributed by atoms with Crippen LogP contribution in [0.3, 0.4) is 0 Å². The second-order valence-electron chi connectivity index (χ2n) is 6.86. The molecule has 1 heterocycles. The molecule has 0 saturated carbocycles. The van der Waals surface area contributed by atoms with E-state index in [9.17, 15) is 14.4 Å². The highest BCUT2D eigenvalue weighted by molar-refractivity contribution is 7.98. The average Bonchev–Trinajstić information content (AvgIpc) is 3.18. The second-order valence-corrected chi connectivity index (χ2v) is 8.25.